The Balaban J connectivity index is 1.31. The Morgan fingerprint density at radius 1 is 1.16 bits per heavy atom. The van der Waals surface area contributed by atoms with Gasteiger partial charge in [-0.15, -0.1) is 10.2 Å². The summed E-state index contributed by atoms with van der Waals surface area (Å²) >= 11 is 6.23. The molecule has 1 aromatic heterocycles. The van der Waals surface area contributed by atoms with E-state index in [1.807, 2.05) is 49.4 Å². The number of carbonyl (C=O) groups excluding carboxylic acids is 2. The number of carbonyl (C=O) groups is 2. The molecule has 1 saturated heterocycles. The van der Waals surface area contributed by atoms with Crippen LogP contribution in [0.4, 0.5) is 5.69 Å². The maximum Gasteiger partial charge on any atom is 0.249 e. The topological polar surface area (TPSA) is 79.5 Å². The molecule has 1 saturated carbocycles. The number of halogens is 1. The maximum absolute atomic E-state index is 13.4. The lowest BCUT2D eigenvalue weighted by Crippen LogP contribution is -2.38. The zero-order valence-electron chi connectivity index (χ0n) is 17.7. The largest absolute Gasteiger partial charge is 0.419 e. The first-order valence-electron chi connectivity index (χ1n) is 10.7. The number of benzene rings is 2. The molecule has 2 aliphatic rings. The molecule has 0 radical (unpaired) electrons. The molecule has 0 N–H and O–H groups in total. The quantitative estimate of drug-likeness (QED) is 0.561. The minimum Gasteiger partial charge on any atom is -0.419 e. The average molecular weight is 451 g/mol. The minimum absolute atomic E-state index is 0.0262. The lowest BCUT2D eigenvalue weighted by molar-refractivity contribution is -0.137. The van der Waals surface area contributed by atoms with Crippen molar-refractivity contribution in [3.05, 3.63) is 65.0 Å². The summed E-state index contributed by atoms with van der Waals surface area (Å²) < 4.78 is 5.82. The highest BCUT2D eigenvalue weighted by Gasteiger charge is 2.42. The summed E-state index contributed by atoms with van der Waals surface area (Å²) in [6.07, 6.45) is 2.10. The lowest BCUT2D eigenvalue weighted by atomic mass is 10.1. The number of amides is 2. The minimum atomic E-state index is -0.379. The van der Waals surface area contributed by atoms with E-state index in [2.05, 4.69) is 10.2 Å². The van der Waals surface area contributed by atoms with Gasteiger partial charge < -0.3 is 14.2 Å². The van der Waals surface area contributed by atoms with Crippen LogP contribution in [-0.2, 0) is 16.1 Å². The predicted octanol–water partition coefficient (Wildman–Crippen LogP) is 4.24. The summed E-state index contributed by atoms with van der Waals surface area (Å²) in [5, 5.41) is 8.76. The molecule has 3 aromatic rings. The van der Waals surface area contributed by atoms with Gasteiger partial charge in [0.2, 0.25) is 23.6 Å². The van der Waals surface area contributed by atoms with Crippen LogP contribution in [0, 0.1) is 12.8 Å². The van der Waals surface area contributed by atoms with Gasteiger partial charge in [-0.25, -0.2) is 0 Å². The van der Waals surface area contributed by atoms with Crippen LogP contribution in [0.3, 0.4) is 0 Å². The van der Waals surface area contributed by atoms with E-state index in [1.165, 1.54) is 0 Å². The summed E-state index contributed by atoms with van der Waals surface area (Å²) in [5.41, 5.74) is 2.62. The van der Waals surface area contributed by atoms with Gasteiger partial charge in [0.05, 0.1) is 23.0 Å². The highest BCUT2D eigenvalue weighted by atomic mass is 35.5. The Bertz CT molecular complexity index is 1160. The van der Waals surface area contributed by atoms with Crippen molar-refractivity contribution in [3.63, 3.8) is 0 Å². The molecule has 164 valence electrons. The third kappa shape index (κ3) is 4.12. The van der Waals surface area contributed by atoms with Crippen molar-refractivity contribution < 1.29 is 14.0 Å². The van der Waals surface area contributed by atoms with Crippen LogP contribution in [0.5, 0.6) is 0 Å². The Morgan fingerprint density at radius 3 is 2.62 bits per heavy atom. The first-order valence-corrected chi connectivity index (χ1v) is 11.1. The summed E-state index contributed by atoms with van der Waals surface area (Å²) in [6, 6.07) is 15.2. The predicted molar refractivity (Wildman–Crippen MR) is 120 cm³/mol. The highest BCUT2D eigenvalue weighted by molar-refractivity contribution is 6.33. The zero-order valence-corrected chi connectivity index (χ0v) is 18.5. The second-order valence-electron chi connectivity index (χ2n) is 8.42. The average Bonchev–Trinajstić information content (AvgIpc) is 3.40. The highest BCUT2D eigenvalue weighted by Crippen LogP contribution is 2.34. The number of aromatic nitrogens is 2. The summed E-state index contributed by atoms with van der Waals surface area (Å²) in [7, 11) is 0. The van der Waals surface area contributed by atoms with Gasteiger partial charge >= 0.3 is 0 Å². The zero-order chi connectivity index (χ0) is 22.2. The van der Waals surface area contributed by atoms with Crippen molar-refractivity contribution >= 4 is 29.1 Å². The molecule has 2 heterocycles. The van der Waals surface area contributed by atoms with Gasteiger partial charge in [-0.3, -0.25) is 9.59 Å². The van der Waals surface area contributed by atoms with E-state index in [1.54, 1.807) is 15.9 Å². The van der Waals surface area contributed by atoms with Gasteiger partial charge in [-0.1, -0.05) is 41.4 Å². The molecule has 2 aromatic carbocycles. The van der Waals surface area contributed by atoms with Gasteiger partial charge in [-0.05, 0) is 44.0 Å². The molecule has 7 nitrogen and oxygen atoms in total. The normalized spacial score (nSPS) is 18.2. The van der Waals surface area contributed by atoms with Gasteiger partial charge in [-0.2, -0.15) is 0 Å². The molecule has 1 aliphatic carbocycles. The van der Waals surface area contributed by atoms with Crippen molar-refractivity contribution in [3.8, 4) is 11.5 Å². The molecule has 0 bridgehead atoms. The van der Waals surface area contributed by atoms with Crippen molar-refractivity contribution in [2.45, 2.75) is 38.8 Å². The van der Waals surface area contributed by atoms with Crippen LogP contribution in [-0.4, -0.2) is 39.5 Å². The van der Waals surface area contributed by atoms with Crippen molar-refractivity contribution in [1.29, 1.82) is 0 Å². The van der Waals surface area contributed by atoms with Crippen LogP contribution >= 0.6 is 11.6 Å². The SMILES string of the molecule is Cc1ccc(N2CC(C(=O)N(Cc3nnc(-c4ccccc4Cl)o3)C3CC3)CC2=O)cc1. The molecule has 0 spiro atoms. The molecule has 5 rings (SSSR count). The number of anilines is 1. The standard InChI is InChI=1S/C24H23ClN4O3/c1-15-6-8-17(9-7-15)28-13-16(12-22(28)30)24(31)29(18-10-11-18)14-21-26-27-23(32-21)19-4-2-3-5-20(19)25/h2-9,16,18H,10-14H2,1H3. The number of nitrogens with zero attached hydrogens (tertiary/aromatic N) is 4. The Morgan fingerprint density at radius 2 is 1.91 bits per heavy atom. The van der Waals surface area contributed by atoms with E-state index < -0.39 is 0 Å². The Labute approximate surface area is 191 Å². The molecule has 32 heavy (non-hydrogen) atoms. The number of aryl methyl sites for hydroxylation is 1. The smallest absolute Gasteiger partial charge is 0.249 e. The third-order valence-corrected chi connectivity index (χ3v) is 6.30. The fraction of sp³-hybridized carbons (Fsp3) is 0.333. The van der Waals surface area contributed by atoms with E-state index in [-0.39, 0.29) is 36.7 Å². The van der Waals surface area contributed by atoms with Gasteiger partial charge in [0.1, 0.15) is 0 Å². The maximum atomic E-state index is 13.4. The monoisotopic (exact) mass is 450 g/mol. The van der Waals surface area contributed by atoms with Crippen molar-refractivity contribution in [2.24, 2.45) is 5.92 Å². The summed E-state index contributed by atoms with van der Waals surface area (Å²) in [4.78, 5) is 29.5. The second-order valence-corrected chi connectivity index (χ2v) is 8.83. The Hall–Kier alpha value is -3.19. The van der Waals surface area contributed by atoms with Gasteiger partial charge in [0.25, 0.3) is 0 Å². The van der Waals surface area contributed by atoms with Crippen LogP contribution in [0.25, 0.3) is 11.5 Å². The van der Waals surface area contributed by atoms with Crippen LogP contribution in [0.15, 0.2) is 52.9 Å². The fourth-order valence-electron chi connectivity index (χ4n) is 4.06. The number of rotatable bonds is 6. The van der Waals surface area contributed by atoms with Crippen LogP contribution < -0.4 is 4.90 Å². The molecule has 1 aliphatic heterocycles. The van der Waals surface area contributed by atoms with E-state index in [0.717, 1.165) is 24.1 Å². The van der Waals surface area contributed by atoms with E-state index >= 15 is 0 Å². The molecular weight excluding hydrogens is 428 g/mol. The van der Waals surface area contributed by atoms with Gasteiger partial charge in [0, 0.05) is 24.7 Å². The molecule has 2 fully saturated rings. The molecule has 2 amide bonds. The van der Waals surface area contributed by atoms with Crippen LogP contribution in [0.1, 0.15) is 30.7 Å². The molecule has 1 atom stereocenters. The lowest BCUT2D eigenvalue weighted by Gasteiger charge is -2.24. The Kier molecular flexibility index (Phi) is 5.43. The number of hydrogen-bond acceptors (Lipinski definition) is 5. The van der Waals surface area contributed by atoms with E-state index in [9.17, 15) is 9.59 Å². The summed E-state index contributed by atoms with van der Waals surface area (Å²) in [5.74, 6) is 0.250. The first-order chi connectivity index (χ1) is 15.5. The second kappa shape index (κ2) is 8.39. The molecule has 8 heteroatoms. The molecular formula is C24H23ClN4O3. The van der Waals surface area contributed by atoms with Gasteiger partial charge in [0.15, 0.2) is 0 Å². The van der Waals surface area contributed by atoms with E-state index in [4.69, 9.17) is 16.0 Å². The van der Waals surface area contributed by atoms with E-state index in [0.29, 0.717) is 28.9 Å². The first kappa shape index (κ1) is 20.7. The number of hydrogen-bond donors (Lipinski definition) is 0. The summed E-state index contributed by atoms with van der Waals surface area (Å²) in [6.45, 7) is 2.62. The molecule has 1 unspecified atom stereocenters. The fourth-order valence-corrected chi connectivity index (χ4v) is 4.28. The van der Waals surface area contributed by atoms with Crippen molar-refractivity contribution in [2.75, 3.05) is 11.4 Å². The third-order valence-electron chi connectivity index (χ3n) is 5.97. The van der Waals surface area contributed by atoms with Crippen molar-refractivity contribution in [1.82, 2.24) is 15.1 Å². The van der Waals surface area contributed by atoms with Crippen LogP contribution in [0.2, 0.25) is 5.02 Å².